The molecule has 0 unspecified atom stereocenters. The van der Waals surface area contributed by atoms with Crippen molar-refractivity contribution in [3.63, 3.8) is 0 Å². The van der Waals surface area contributed by atoms with Gasteiger partial charge in [-0.15, -0.1) is 0 Å². The van der Waals surface area contributed by atoms with E-state index in [1.54, 1.807) is 24.5 Å². The van der Waals surface area contributed by atoms with Crippen molar-refractivity contribution in [3.8, 4) is 17.1 Å². The fraction of sp³-hybridized carbons (Fsp3) is 0.333. The van der Waals surface area contributed by atoms with E-state index in [9.17, 15) is 4.39 Å². The first kappa shape index (κ1) is 12.7. The average molecular weight is 248 g/mol. The van der Waals surface area contributed by atoms with Gasteiger partial charge in [-0.05, 0) is 43.2 Å². The third kappa shape index (κ3) is 2.73. The molecule has 0 radical (unpaired) electrons. The molecule has 3 heteroatoms. The van der Waals surface area contributed by atoms with Gasteiger partial charge in [0.15, 0.2) is 0 Å². The quantitative estimate of drug-likeness (QED) is 0.768. The Balaban J connectivity index is 2.35. The van der Waals surface area contributed by atoms with Crippen LogP contribution in [0.25, 0.3) is 11.3 Å². The van der Waals surface area contributed by atoms with Gasteiger partial charge in [0.05, 0.1) is 17.9 Å². The number of halogens is 1. The maximum absolute atomic E-state index is 13.3. The zero-order valence-electron chi connectivity index (χ0n) is 10.7. The van der Waals surface area contributed by atoms with Gasteiger partial charge in [-0.1, -0.05) is 13.8 Å². The second-order valence-corrected chi connectivity index (χ2v) is 4.17. The van der Waals surface area contributed by atoms with E-state index in [1.165, 1.54) is 12.1 Å². The molecule has 0 saturated heterocycles. The summed E-state index contributed by atoms with van der Waals surface area (Å²) in [4.78, 5) is 0. The number of ether oxygens (including phenoxy) is 1. The van der Waals surface area contributed by atoms with Gasteiger partial charge in [0.25, 0.3) is 0 Å². The minimum absolute atomic E-state index is 0.143. The fourth-order valence-corrected chi connectivity index (χ4v) is 1.86. The van der Waals surface area contributed by atoms with Crippen LogP contribution in [0.3, 0.4) is 0 Å². The molecule has 0 amide bonds. The summed E-state index contributed by atoms with van der Waals surface area (Å²) in [5.41, 5.74) is 0.659. The average Bonchev–Trinajstić information content (AvgIpc) is 2.91. The molecule has 1 aromatic heterocycles. The molecule has 0 saturated carbocycles. The van der Waals surface area contributed by atoms with Crippen LogP contribution in [-0.2, 0) is 0 Å². The summed E-state index contributed by atoms with van der Waals surface area (Å²) in [6, 6.07) is 8.09. The Morgan fingerprint density at radius 3 is 2.61 bits per heavy atom. The van der Waals surface area contributed by atoms with Crippen molar-refractivity contribution in [2.75, 3.05) is 0 Å². The van der Waals surface area contributed by atoms with Crippen LogP contribution in [0.5, 0.6) is 5.75 Å². The van der Waals surface area contributed by atoms with Gasteiger partial charge in [-0.2, -0.15) is 0 Å². The number of benzene rings is 1. The Morgan fingerprint density at radius 1 is 1.22 bits per heavy atom. The first-order chi connectivity index (χ1) is 8.74. The van der Waals surface area contributed by atoms with Crippen molar-refractivity contribution >= 4 is 0 Å². The molecule has 1 aromatic carbocycles. The Bertz CT molecular complexity index is 487. The molecule has 2 aromatic rings. The van der Waals surface area contributed by atoms with Crippen LogP contribution in [0.15, 0.2) is 41.0 Å². The summed E-state index contributed by atoms with van der Waals surface area (Å²) in [6.07, 6.45) is 3.56. The van der Waals surface area contributed by atoms with E-state index in [0.29, 0.717) is 17.1 Å². The molecular weight excluding hydrogens is 231 g/mol. The van der Waals surface area contributed by atoms with Crippen LogP contribution < -0.4 is 4.74 Å². The molecule has 0 spiro atoms. The largest absolute Gasteiger partial charge is 0.490 e. The summed E-state index contributed by atoms with van der Waals surface area (Å²) < 4.78 is 24.6. The number of hydrogen-bond donors (Lipinski definition) is 0. The van der Waals surface area contributed by atoms with E-state index < -0.39 is 0 Å². The van der Waals surface area contributed by atoms with Gasteiger partial charge >= 0.3 is 0 Å². The molecule has 0 bridgehead atoms. The normalized spacial score (nSPS) is 10.9. The van der Waals surface area contributed by atoms with Crippen molar-refractivity contribution < 1.29 is 13.5 Å². The smallest absolute Gasteiger partial charge is 0.137 e. The molecular formula is C15H17FO2. The van der Waals surface area contributed by atoms with Gasteiger partial charge in [0.1, 0.15) is 17.3 Å². The fourth-order valence-electron chi connectivity index (χ4n) is 1.86. The minimum Gasteiger partial charge on any atom is -0.490 e. The van der Waals surface area contributed by atoms with Crippen molar-refractivity contribution in [1.82, 2.24) is 0 Å². The number of furan rings is 1. The van der Waals surface area contributed by atoms with Crippen molar-refractivity contribution in [1.29, 1.82) is 0 Å². The lowest BCUT2D eigenvalue weighted by molar-refractivity contribution is 0.193. The summed E-state index contributed by atoms with van der Waals surface area (Å²) in [6.45, 7) is 4.15. The summed E-state index contributed by atoms with van der Waals surface area (Å²) in [5.74, 6) is 0.994. The maximum Gasteiger partial charge on any atom is 0.137 e. The molecule has 0 aliphatic heterocycles. The Kier molecular flexibility index (Phi) is 4.03. The van der Waals surface area contributed by atoms with E-state index in [0.717, 1.165) is 12.8 Å². The Hall–Kier alpha value is -1.77. The first-order valence-corrected chi connectivity index (χ1v) is 6.24. The second kappa shape index (κ2) is 5.71. The standard InChI is InChI=1S/C15H17FO2/c1-3-12(4-2)18-15-8-7-11(16)10-13(15)14-6-5-9-17-14/h5-10,12H,3-4H2,1-2H3. The lowest BCUT2D eigenvalue weighted by Crippen LogP contribution is -2.14. The van der Waals surface area contributed by atoms with Crippen LogP contribution >= 0.6 is 0 Å². The first-order valence-electron chi connectivity index (χ1n) is 6.24. The number of hydrogen-bond acceptors (Lipinski definition) is 2. The zero-order chi connectivity index (χ0) is 13.0. The highest BCUT2D eigenvalue weighted by Crippen LogP contribution is 2.32. The molecule has 0 aliphatic carbocycles. The Morgan fingerprint density at radius 2 is 2.00 bits per heavy atom. The van der Waals surface area contributed by atoms with Gasteiger partial charge in [0.2, 0.25) is 0 Å². The molecule has 96 valence electrons. The van der Waals surface area contributed by atoms with E-state index in [1.807, 2.05) is 0 Å². The van der Waals surface area contributed by atoms with E-state index in [4.69, 9.17) is 9.15 Å². The van der Waals surface area contributed by atoms with Crippen LogP contribution in [0.1, 0.15) is 26.7 Å². The van der Waals surface area contributed by atoms with Crippen molar-refractivity contribution in [2.45, 2.75) is 32.8 Å². The lowest BCUT2D eigenvalue weighted by Gasteiger charge is -2.17. The molecule has 0 fully saturated rings. The second-order valence-electron chi connectivity index (χ2n) is 4.17. The van der Waals surface area contributed by atoms with Crippen LogP contribution in [-0.4, -0.2) is 6.10 Å². The topological polar surface area (TPSA) is 22.4 Å². The zero-order valence-corrected chi connectivity index (χ0v) is 10.7. The molecule has 0 N–H and O–H groups in total. The molecule has 2 nitrogen and oxygen atoms in total. The predicted octanol–water partition coefficient (Wildman–Crippen LogP) is 4.65. The molecule has 2 rings (SSSR count). The molecule has 18 heavy (non-hydrogen) atoms. The molecule has 1 heterocycles. The molecule has 0 atom stereocenters. The third-order valence-corrected chi connectivity index (χ3v) is 2.93. The number of rotatable bonds is 5. The van der Waals surface area contributed by atoms with Gasteiger partial charge in [0, 0.05) is 0 Å². The monoisotopic (exact) mass is 248 g/mol. The highest BCUT2D eigenvalue weighted by Gasteiger charge is 2.13. The SMILES string of the molecule is CCC(CC)Oc1ccc(F)cc1-c1ccco1. The Labute approximate surface area is 106 Å². The summed E-state index contributed by atoms with van der Waals surface area (Å²) in [5, 5.41) is 0. The summed E-state index contributed by atoms with van der Waals surface area (Å²) in [7, 11) is 0. The minimum atomic E-state index is -0.293. The van der Waals surface area contributed by atoms with Crippen LogP contribution in [0.2, 0.25) is 0 Å². The van der Waals surface area contributed by atoms with Gasteiger partial charge in [-0.3, -0.25) is 0 Å². The van der Waals surface area contributed by atoms with Crippen molar-refractivity contribution in [3.05, 3.63) is 42.4 Å². The van der Waals surface area contributed by atoms with Gasteiger partial charge < -0.3 is 9.15 Å². The maximum atomic E-state index is 13.3. The highest BCUT2D eigenvalue weighted by molar-refractivity contribution is 5.65. The summed E-state index contributed by atoms with van der Waals surface area (Å²) >= 11 is 0. The van der Waals surface area contributed by atoms with Crippen molar-refractivity contribution in [2.24, 2.45) is 0 Å². The highest BCUT2D eigenvalue weighted by atomic mass is 19.1. The van der Waals surface area contributed by atoms with Gasteiger partial charge in [-0.25, -0.2) is 4.39 Å². The van der Waals surface area contributed by atoms with E-state index in [2.05, 4.69) is 13.8 Å². The van der Waals surface area contributed by atoms with Crippen LogP contribution in [0.4, 0.5) is 4.39 Å². The van der Waals surface area contributed by atoms with E-state index in [-0.39, 0.29) is 11.9 Å². The third-order valence-electron chi connectivity index (χ3n) is 2.93. The predicted molar refractivity (Wildman–Crippen MR) is 69.1 cm³/mol. The van der Waals surface area contributed by atoms with E-state index >= 15 is 0 Å². The molecule has 0 aliphatic rings. The van der Waals surface area contributed by atoms with Crippen LogP contribution in [0, 0.1) is 5.82 Å². The lowest BCUT2D eigenvalue weighted by atomic mass is 10.1.